The van der Waals surface area contributed by atoms with Crippen LogP contribution in [-0.4, -0.2) is 76.0 Å². The molecule has 1 fully saturated rings. The fourth-order valence-corrected chi connectivity index (χ4v) is 2.85. The van der Waals surface area contributed by atoms with Gasteiger partial charge in [0.25, 0.3) is 0 Å². The molecule has 0 radical (unpaired) electrons. The summed E-state index contributed by atoms with van der Waals surface area (Å²) in [6, 6.07) is -3.11. The van der Waals surface area contributed by atoms with Crippen LogP contribution in [-0.2, 0) is 14.4 Å². The van der Waals surface area contributed by atoms with Crippen LogP contribution in [0.3, 0.4) is 0 Å². The van der Waals surface area contributed by atoms with Gasteiger partial charge in [-0.1, -0.05) is 27.7 Å². The number of carboxylic acids is 1. The number of aliphatic carboxylic acids is 1. The van der Waals surface area contributed by atoms with Gasteiger partial charge in [0.1, 0.15) is 6.04 Å². The Hall–Kier alpha value is -2.09. The summed E-state index contributed by atoms with van der Waals surface area (Å²) >= 11 is 0. The Kier molecular flexibility index (Phi) is 10.9. The quantitative estimate of drug-likeness (QED) is 0.427. The van der Waals surface area contributed by atoms with Crippen LogP contribution < -0.4 is 11.1 Å². The summed E-state index contributed by atoms with van der Waals surface area (Å²) in [4.78, 5) is 35.1. The second-order valence-corrected chi connectivity index (χ2v) is 8.03. The molecule has 32 heavy (non-hydrogen) atoms. The van der Waals surface area contributed by atoms with Crippen molar-refractivity contribution in [3.05, 3.63) is 0 Å². The molecule has 1 heterocycles. The fraction of sp³-hybridized carbons (Fsp3) is 0.833. The molecule has 1 rings (SSSR count). The number of alkyl halides is 6. The van der Waals surface area contributed by atoms with E-state index in [4.69, 9.17) is 15.6 Å². The number of likely N-dealkylation sites (tertiary alicyclic amines) is 1. The molecule has 0 aromatic rings. The van der Waals surface area contributed by atoms with Crippen LogP contribution in [0.5, 0.6) is 0 Å². The average Bonchev–Trinajstić information content (AvgIpc) is 3.12. The van der Waals surface area contributed by atoms with Gasteiger partial charge in [-0.05, 0) is 24.7 Å². The molecule has 0 aromatic heterocycles. The van der Waals surface area contributed by atoms with Crippen LogP contribution in [0.25, 0.3) is 0 Å². The Morgan fingerprint density at radius 3 is 1.84 bits per heavy atom. The SMILES string of the molecule is CC(C)C(NC(=O)C1CCCN1C(=O)[C@@H](N)C(C)C)C(O)C(F)(F)F.O=C(O)C(F)(F)F. The van der Waals surface area contributed by atoms with E-state index in [-0.39, 0.29) is 11.8 Å². The molecule has 5 N–H and O–H groups in total. The molecule has 4 atom stereocenters. The maximum Gasteiger partial charge on any atom is 0.490 e. The second kappa shape index (κ2) is 11.7. The molecule has 188 valence electrons. The van der Waals surface area contributed by atoms with Gasteiger partial charge in [0.15, 0.2) is 6.10 Å². The van der Waals surface area contributed by atoms with Crippen LogP contribution in [0.15, 0.2) is 0 Å². The van der Waals surface area contributed by atoms with Gasteiger partial charge in [-0.25, -0.2) is 4.79 Å². The molecule has 3 unspecified atom stereocenters. The molecule has 0 spiro atoms. The number of carbonyl (C=O) groups is 3. The van der Waals surface area contributed by atoms with Crippen molar-refractivity contribution in [2.45, 2.75) is 77.1 Å². The topological polar surface area (TPSA) is 133 Å². The number of carbonyl (C=O) groups excluding carboxylic acids is 2. The monoisotopic (exact) mass is 481 g/mol. The maximum absolute atomic E-state index is 12.8. The van der Waals surface area contributed by atoms with E-state index in [1.54, 1.807) is 13.8 Å². The summed E-state index contributed by atoms with van der Waals surface area (Å²) in [5.41, 5.74) is 5.85. The third kappa shape index (κ3) is 8.81. The Labute approximate surface area is 181 Å². The van der Waals surface area contributed by atoms with Gasteiger partial charge in [0.2, 0.25) is 11.8 Å². The fourth-order valence-electron chi connectivity index (χ4n) is 2.85. The third-order valence-electron chi connectivity index (χ3n) is 4.79. The molecule has 2 amide bonds. The largest absolute Gasteiger partial charge is 0.490 e. The number of amides is 2. The van der Waals surface area contributed by atoms with Crippen LogP contribution in [0.4, 0.5) is 26.3 Å². The molecule has 0 bridgehead atoms. The number of halogens is 6. The first kappa shape index (κ1) is 29.9. The van der Waals surface area contributed by atoms with E-state index in [2.05, 4.69) is 5.32 Å². The number of rotatable bonds is 6. The maximum atomic E-state index is 12.8. The Morgan fingerprint density at radius 2 is 1.50 bits per heavy atom. The molecule has 0 aliphatic carbocycles. The Morgan fingerprint density at radius 1 is 1.03 bits per heavy atom. The lowest BCUT2D eigenvalue weighted by molar-refractivity contribution is -0.215. The highest BCUT2D eigenvalue weighted by molar-refractivity contribution is 5.90. The molecule has 14 heteroatoms. The van der Waals surface area contributed by atoms with E-state index < -0.39 is 54.4 Å². The molecular weight excluding hydrogens is 452 g/mol. The minimum absolute atomic E-state index is 0.118. The lowest BCUT2D eigenvalue weighted by Gasteiger charge is -2.32. The van der Waals surface area contributed by atoms with E-state index in [9.17, 15) is 41.0 Å². The predicted molar refractivity (Wildman–Crippen MR) is 100 cm³/mol. The van der Waals surface area contributed by atoms with E-state index in [0.717, 1.165) is 0 Å². The lowest BCUT2D eigenvalue weighted by Crippen LogP contribution is -2.58. The molecule has 0 saturated carbocycles. The Bertz CT molecular complexity index is 654. The number of nitrogens with zero attached hydrogens (tertiary/aromatic N) is 1. The van der Waals surface area contributed by atoms with Gasteiger partial charge in [-0.3, -0.25) is 9.59 Å². The van der Waals surface area contributed by atoms with Crippen molar-refractivity contribution in [3.8, 4) is 0 Å². The molecule has 1 saturated heterocycles. The number of carboxylic acid groups (broad SMARTS) is 1. The van der Waals surface area contributed by atoms with Crippen molar-refractivity contribution in [1.82, 2.24) is 10.2 Å². The molecule has 1 aliphatic heterocycles. The molecular formula is C18H29F6N3O5. The first-order chi connectivity index (χ1) is 14.3. The summed E-state index contributed by atoms with van der Waals surface area (Å²) in [6.07, 6.45) is -11.7. The summed E-state index contributed by atoms with van der Waals surface area (Å²) < 4.78 is 70.1. The van der Waals surface area contributed by atoms with E-state index in [0.29, 0.717) is 19.4 Å². The molecule has 8 nitrogen and oxygen atoms in total. The summed E-state index contributed by atoms with van der Waals surface area (Å²) in [6.45, 7) is 6.86. The van der Waals surface area contributed by atoms with Crippen molar-refractivity contribution in [3.63, 3.8) is 0 Å². The van der Waals surface area contributed by atoms with Crippen LogP contribution in [0, 0.1) is 11.8 Å². The van der Waals surface area contributed by atoms with Gasteiger partial charge in [0.05, 0.1) is 12.1 Å². The Balaban J connectivity index is 0.00000118. The van der Waals surface area contributed by atoms with Crippen molar-refractivity contribution >= 4 is 17.8 Å². The van der Waals surface area contributed by atoms with Crippen LogP contribution in [0.2, 0.25) is 0 Å². The molecule has 1 aliphatic rings. The first-order valence-corrected chi connectivity index (χ1v) is 9.73. The number of hydrogen-bond donors (Lipinski definition) is 4. The highest BCUT2D eigenvalue weighted by atomic mass is 19.4. The zero-order valence-electron chi connectivity index (χ0n) is 18.0. The van der Waals surface area contributed by atoms with E-state index in [1.165, 1.54) is 18.7 Å². The normalized spacial score (nSPS) is 19.8. The predicted octanol–water partition coefficient (Wildman–Crippen LogP) is 1.66. The first-order valence-electron chi connectivity index (χ1n) is 9.73. The zero-order chi connectivity index (χ0) is 25.6. The zero-order valence-corrected chi connectivity index (χ0v) is 18.0. The average molecular weight is 481 g/mol. The minimum atomic E-state index is -5.08. The third-order valence-corrected chi connectivity index (χ3v) is 4.79. The number of aliphatic hydroxyl groups is 1. The van der Waals surface area contributed by atoms with Gasteiger partial charge < -0.3 is 26.2 Å². The van der Waals surface area contributed by atoms with Crippen molar-refractivity contribution in [2.75, 3.05) is 6.54 Å². The lowest BCUT2D eigenvalue weighted by atomic mass is 9.97. The highest BCUT2D eigenvalue weighted by Crippen LogP contribution is 2.26. The van der Waals surface area contributed by atoms with Crippen LogP contribution in [0.1, 0.15) is 40.5 Å². The van der Waals surface area contributed by atoms with Crippen molar-refractivity contribution in [2.24, 2.45) is 17.6 Å². The summed E-state index contributed by atoms with van der Waals surface area (Å²) in [5.74, 6) is -4.59. The number of nitrogens with two attached hydrogens (primary N) is 1. The highest BCUT2D eigenvalue weighted by Gasteiger charge is 2.46. The summed E-state index contributed by atoms with van der Waals surface area (Å²) in [7, 11) is 0. The second-order valence-electron chi connectivity index (χ2n) is 8.03. The van der Waals surface area contributed by atoms with E-state index >= 15 is 0 Å². The standard InChI is InChI=1S/C16H28F3N3O3.C2HF3O2/c1-8(2)11(20)15(25)22-7-5-6-10(22)14(24)21-12(9(3)4)13(23)16(17,18)19;3-2(4,5)1(6)7/h8-13,23H,5-7,20H2,1-4H3,(H,21,24);(H,6,7)/t10?,11-,12?,13?;/m0./s1. The number of hydrogen-bond acceptors (Lipinski definition) is 5. The van der Waals surface area contributed by atoms with Gasteiger partial charge in [-0.15, -0.1) is 0 Å². The van der Waals surface area contributed by atoms with E-state index in [1.807, 2.05) is 0 Å². The minimum Gasteiger partial charge on any atom is -0.475 e. The number of nitrogens with one attached hydrogen (secondary N) is 1. The van der Waals surface area contributed by atoms with Gasteiger partial charge >= 0.3 is 18.3 Å². The van der Waals surface area contributed by atoms with Gasteiger partial charge in [0, 0.05) is 6.54 Å². The molecule has 0 aromatic carbocycles. The smallest absolute Gasteiger partial charge is 0.475 e. The summed E-state index contributed by atoms with van der Waals surface area (Å²) in [5, 5.41) is 18.9. The van der Waals surface area contributed by atoms with Gasteiger partial charge in [-0.2, -0.15) is 26.3 Å². The van der Waals surface area contributed by atoms with Crippen LogP contribution >= 0.6 is 0 Å². The van der Waals surface area contributed by atoms with Crippen molar-refractivity contribution in [1.29, 1.82) is 0 Å². The number of aliphatic hydroxyl groups excluding tert-OH is 1. The van der Waals surface area contributed by atoms with Crippen molar-refractivity contribution < 1.29 is 50.9 Å².